The number of hydrogen-bond donors (Lipinski definition) is 3. The van der Waals surface area contributed by atoms with E-state index in [4.69, 9.17) is 9.94 Å². The van der Waals surface area contributed by atoms with Gasteiger partial charge in [-0.1, -0.05) is 0 Å². The van der Waals surface area contributed by atoms with Crippen LogP contribution in [-0.2, 0) is 6.54 Å². The highest BCUT2D eigenvalue weighted by atomic mass is 19.1. The predicted molar refractivity (Wildman–Crippen MR) is 43.2 cm³/mol. The summed E-state index contributed by atoms with van der Waals surface area (Å²) in [7, 11) is 1.36. The summed E-state index contributed by atoms with van der Waals surface area (Å²) >= 11 is 0. The lowest BCUT2D eigenvalue weighted by Gasteiger charge is -2.09. The van der Waals surface area contributed by atoms with Crippen molar-refractivity contribution in [1.29, 1.82) is 0 Å². The number of benzene rings is 1. The van der Waals surface area contributed by atoms with Crippen LogP contribution in [0.15, 0.2) is 12.1 Å². The van der Waals surface area contributed by atoms with Crippen molar-refractivity contribution in [2.75, 3.05) is 7.11 Å². The maximum absolute atomic E-state index is 12.7. The van der Waals surface area contributed by atoms with Gasteiger partial charge in [0.1, 0.15) is 17.3 Å². The van der Waals surface area contributed by atoms with Gasteiger partial charge in [0.25, 0.3) is 0 Å². The van der Waals surface area contributed by atoms with Crippen LogP contribution in [0.1, 0.15) is 5.56 Å². The van der Waals surface area contributed by atoms with Crippen molar-refractivity contribution in [3.63, 3.8) is 0 Å². The van der Waals surface area contributed by atoms with E-state index >= 15 is 0 Å². The number of hydrogen-bond acceptors (Lipinski definition) is 4. The number of ether oxygens (including phenoxy) is 1. The van der Waals surface area contributed by atoms with Crippen molar-refractivity contribution < 1.29 is 19.4 Å². The highest BCUT2D eigenvalue weighted by molar-refractivity contribution is 5.44. The quantitative estimate of drug-likeness (QED) is 0.618. The number of aromatic hydroxyl groups is 1. The third-order valence-electron chi connectivity index (χ3n) is 1.63. The molecule has 0 radical (unpaired) electrons. The van der Waals surface area contributed by atoms with Crippen molar-refractivity contribution in [3.05, 3.63) is 23.5 Å². The summed E-state index contributed by atoms with van der Waals surface area (Å²) in [6.07, 6.45) is 0. The molecule has 13 heavy (non-hydrogen) atoms. The predicted octanol–water partition coefficient (Wildman–Crippen LogP) is 1.02. The number of phenols is 1. The molecule has 1 rings (SSSR count). The Hall–Kier alpha value is -1.33. The summed E-state index contributed by atoms with van der Waals surface area (Å²) in [6.45, 7) is -0.00468. The second-order valence-electron chi connectivity index (χ2n) is 2.44. The van der Waals surface area contributed by atoms with Crippen LogP contribution in [-0.4, -0.2) is 17.4 Å². The highest BCUT2D eigenvalue weighted by Crippen LogP contribution is 2.28. The summed E-state index contributed by atoms with van der Waals surface area (Å²) in [5.41, 5.74) is 2.17. The van der Waals surface area contributed by atoms with Crippen LogP contribution in [0.4, 0.5) is 4.39 Å². The van der Waals surface area contributed by atoms with Gasteiger partial charge in [-0.3, -0.25) is 0 Å². The normalized spacial score (nSPS) is 10.1. The molecular weight excluding hydrogens is 177 g/mol. The third-order valence-corrected chi connectivity index (χ3v) is 1.63. The summed E-state index contributed by atoms with van der Waals surface area (Å²) in [4.78, 5) is 0. The lowest BCUT2D eigenvalue weighted by atomic mass is 10.1. The van der Waals surface area contributed by atoms with Crippen LogP contribution in [0, 0.1) is 5.82 Å². The molecule has 4 nitrogen and oxygen atoms in total. The van der Waals surface area contributed by atoms with E-state index in [2.05, 4.69) is 0 Å². The van der Waals surface area contributed by atoms with E-state index in [0.29, 0.717) is 5.56 Å². The van der Waals surface area contributed by atoms with Gasteiger partial charge in [0.15, 0.2) is 0 Å². The molecule has 72 valence electrons. The molecule has 0 aliphatic carbocycles. The molecule has 0 amide bonds. The van der Waals surface area contributed by atoms with Gasteiger partial charge in [-0.15, -0.1) is 0 Å². The van der Waals surface area contributed by atoms with Gasteiger partial charge in [-0.2, -0.15) is 0 Å². The molecule has 0 saturated carbocycles. The summed E-state index contributed by atoms with van der Waals surface area (Å²) < 4.78 is 17.5. The van der Waals surface area contributed by atoms with Crippen LogP contribution < -0.4 is 10.2 Å². The molecule has 1 aromatic rings. The molecule has 3 N–H and O–H groups in total. The molecule has 5 heteroatoms. The molecule has 0 aliphatic heterocycles. The number of phenolic OH excluding ortho intramolecular Hbond substituents is 1. The average Bonchev–Trinajstić information content (AvgIpc) is 2.09. The van der Waals surface area contributed by atoms with Gasteiger partial charge in [-0.25, -0.2) is 9.87 Å². The Kier molecular flexibility index (Phi) is 3.05. The van der Waals surface area contributed by atoms with E-state index in [1.807, 2.05) is 5.48 Å². The summed E-state index contributed by atoms with van der Waals surface area (Å²) in [5, 5.41) is 17.7. The first-order valence-electron chi connectivity index (χ1n) is 3.61. The van der Waals surface area contributed by atoms with Gasteiger partial charge in [0.05, 0.1) is 19.2 Å². The molecule has 1 aromatic carbocycles. The van der Waals surface area contributed by atoms with Gasteiger partial charge in [-0.05, 0) is 0 Å². The number of hydroxylamine groups is 1. The minimum Gasteiger partial charge on any atom is -0.507 e. The fourth-order valence-electron chi connectivity index (χ4n) is 1.04. The zero-order valence-electron chi connectivity index (χ0n) is 7.04. The Morgan fingerprint density at radius 1 is 1.54 bits per heavy atom. The van der Waals surface area contributed by atoms with E-state index in [0.717, 1.165) is 12.1 Å². The first-order chi connectivity index (χ1) is 6.19. The molecule has 0 unspecified atom stereocenters. The lowest BCUT2D eigenvalue weighted by Crippen LogP contribution is -2.08. The van der Waals surface area contributed by atoms with E-state index in [1.165, 1.54) is 7.11 Å². The molecule has 0 fully saturated rings. The van der Waals surface area contributed by atoms with Crippen molar-refractivity contribution in [2.24, 2.45) is 0 Å². The van der Waals surface area contributed by atoms with Crippen LogP contribution in [0.5, 0.6) is 11.5 Å². The molecule has 0 spiro atoms. The number of rotatable bonds is 3. The lowest BCUT2D eigenvalue weighted by molar-refractivity contribution is 0.159. The van der Waals surface area contributed by atoms with Crippen molar-refractivity contribution >= 4 is 0 Å². The standard InChI is InChI=1S/C8H10FNO3/c1-13-8-3-5(9)2-7(11)6(8)4-10-12/h2-3,10-12H,4H2,1H3. The Morgan fingerprint density at radius 3 is 2.77 bits per heavy atom. The zero-order chi connectivity index (χ0) is 9.84. The molecule has 0 saturated heterocycles. The third kappa shape index (κ3) is 2.07. The topological polar surface area (TPSA) is 61.7 Å². The van der Waals surface area contributed by atoms with Crippen LogP contribution in [0.2, 0.25) is 0 Å². The molecule has 0 heterocycles. The van der Waals surface area contributed by atoms with Crippen LogP contribution in [0.25, 0.3) is 0 Å². The fourth-order valence-corrected chi connectivity index (χ4v) is 1.04. The van der Waals surface area contributed by atoms with Gasteiger partial charge in [0.2, 0.25) is 0 Å². The smallest absolute Gasteiger partial charge is 0.130 e. The molecular formula is C8H10FNO3. The molecule has 0 atom stereocenters. The number of halogens is 1. The second-order valence-corrected chi connectivity index (χ2v) is 2.44. The minimum absolute atomic E-state index is 0.00468. The largest absolute Gasteiger partial charge is 0.507 e. The van der Waals surface area contributed by atoms with Crippen LogP contribution in [0.3, 0.4) is 0 Å². The Balaban J connectivity index is 3.13. The first kappa shape index (κ1) is 9.76. The van der Waals surface area contributed by atoms with E-state index < -0.39 is 5.82 Å². The van der Waals surface area contributed by atoms with E-state index in [1.54, 1.807) is 0 Å². The van der Waals surface area contributed by atoms with E-state index in [-0.39, 0.29) is 18.0 Å². The Bertz CT molecular complexity index is 304. The number of nitrogens with one attached hydrogen (secondary N) is 1. The minimum atomic E-state index is -0.587. The van der Waals surface area contributed by atoms with Gasteiger partial charge in [0, 0.05) is 12.1 Å². The maximum atomic E-state index is 12.7. The van der Waals surface area contributed by atoms with Crippen molar-refractivity contribution in [2.45, 2.75) is 6.54 Å². The van der Waals surface area contributed by atoms with E-state index in [9.17, 15) is 9.50 Å². The molecule has 0 aromatic heterocycles. The number of methoxy groups -OCH3 is 1. The first-order valence-corrected chi connectivity index (χ1v) is 3.61. The van der Waals surface area contributed by atoms with Crippen LogP contribution >= 0.6 is 0 Å². The summed E-state index contributed by atoms with van der Waals surface area (Å²) in [6, 6.07) is 2.08. The second kappa shape index (κ2) is 4.06. The fraction of sp³-hybridized carbons (Fsp3) is 0.250. The SMILES string of the molecule is COc1cc(F)cc(O)c1CNO. The molecule has 0 aliphatic rings. The average molecular weight is 187 g/mol. The van der Waals surface area contributed by atoms with Crippen molar-refractivity contribution in [1.82, 2.24) is 5.48 Å². The Morgan fingerprint density at radius 2 is 2.23 bits per heavy atom. The monoisotopic (exact) mass is 187 g/mol. The highest BCUT2D eigenvalue weighted by Gasteiger charge is 2.10. The van der Waals surface area contributed by atoms with Crippen molar-refractivity contribution in [3.8, 4) is 11.5 Å². The Labute approximate surface area is 74.5 Å². The molecule has 0 bridgehead atoms. The van der Waals surface area contributed by atoms with Gasteiger partial charge < -0.3 is 15.1 Å². The zero-order valence-corrected chi connectivity index (χ0v) is 7.04. The maximum Gasteiger partial charge on any atom is 0.130 e. The summed E-state index contributed by atoms with van der Waals surface area (Å²) in [5.74, 6) is -0.645. The van der Waals surface area contributed by atoms with Gasteiger partial charge >= 0.3 is 0 Å².